The number of hydrogen-bond donors (Lipinski definition) is 2. The maximum atomic E-state index is 11.9. The van der Waals surface area contributed by atoms with Crippen LogP contribution in [-0.4, -0.2) is 29.6 Å². The van der Waals surface area contributed by atoms with Crippen LogP contribution in [0.25, 0.3) is 0 Å². The van der Waals surface area contributed by atoms with Crippen molar-refractivity contribution in [1.82, 2.24) is 5.32 Å². The van der Waals surface area contributed by atoms with Crippen molar-refractivity contribution in [3.8, 4) is 18.1 Å². The van der Waals surface area contributed by atoms with Crippen LogP contribution in [0, 0.1) is 12.3 Å². The molecule has 0 aliphatic carbocycles. The van der Waals surface area contributed by atoms with E-state index in [1.807, 2.05) is 0 Å². The van der Waals surface area contributed by atoms with Crippen LogP contribution in [0.4, 0.5) is 0 Å². The molecular weight excluding hydrogens is 270 g/mol. The lowest BCUT2D eigenvalue weighted by molar-refractivity contribution is -0.139. The second-order valence-electron chi connectivity index (χ2n) is 4.50. The molecule has 5 heteroatoms. The molecule has 2 N–H and O–H groups in total. The van der Waals surface area contributed by atoms with E-state index in [9.17, 15) is 9.59 Å². The van der Waals surface area contributed by atoms with E-state index >= 15 is 0 Å². The number of carbonyl (C=O) groups excluding carboxylic acids is 1. The number of terminal acetylenes is 1. The summed E-state index contributed by atoms with van der Waals surface area (Å²) in [5.74, 6) is 1.28. The van der Waals surface area contributed by atoms with Crippen molar-refractivity contribution in [2.75, 3.05) is 6.61 Å². The standard InChI is InChI=1S/C16H19NO4/c1-3-5-11-21-13-9-7-12(8-10-13)15(18)17-14(6-4-2)16(19)20/h2,7-10,14H,3,5-6,11H2,1H3,(H,17,18)(H,19,20). The maximum absolute atomic E-state index is 11.9. The predicted molar refractivity (Wildman–Crippen MR) is 79.2 cm³/mol. The van der Waals surface area contributed by atoms with Crippen LogP contribution in [0.3, 0.4) is 0 Å². The van der Waals surface area contributed by atoms with E-state index in [0.717, 1.165) is 12.8 Å². The molecule has 0 saturated heterocycles. The first-order valence-electron chi connectivity index (χ1n) is 6.78. The van der Waals surface area contributed by atoms with Gasteiger partial charge in [-0.1, -0.05) is 13.3 Å². The Balaban J connectivity index is 2.62. The molecule has 0 spiro atoms. The number of carbonyl (C=O) groups is 2. The molecule has 0 aliphatic heterocycles. The van der Waals surface area contributed by atoms with Crippen molar-refractivity contribution < 1.29 is 19.4 Å². The lowest BCUT2D eigenvalue weighted by Gasteiger charge is -2.12. The van der Waals surface area contributed by atoms with Gasteiger partial charge in [-0.2, -0.15) is 0 Å². The van der Waals surface area contributed by atoms with Gasteiger partial charge in [-0.25, -0.2) is 4.79 Å². The van der Waals surface area contributed by atoms with E-state index in [1.54, 1.807) is 24.3 Å². The second kappa shape index (κ2) is 8.64. The van der Waals surface area contributed by atoms with Crippen molar-refractivity contribution in [3.05, 3.63) is 29.8 Å². The van der Waals surface area contributed by atoms with Crippen LogP contribution in [-0.2, 0) is 4.79 Å². The number of aliphatic carboxylic acids is 1. The summed E-state index contributed by atoms with van der Waals surface area (Å²) in [5.41, 5.74) is 0.362. The minimum atomic E-state index is -1.15. The summed E-state index contributed by atoms with van der Waals surface area (Å²) in [6, 6.07) is 5.46. The zero-order chi connectivity index (χ0) is 15.7. The highest BCUT2D eigenvalue weighted by Gasteiger charge is 2.19. The molecule has 1 atom stereocenters. The van der Waals surface area contributed by atoms with E-state index in [2.05, 4.69) is 18.2 Å². The molecule has 112 valence electrons. The fraction of sp³-hybridized carbons (Fsp3) is 0.375. The second-order valence-corrected chi connectivity index (χ2v) is 4.50. The quantitative estimate of drug-likeness (QED) is 0.567. The van der Waals surface area contributed by atoms with E-state index in [1.165, 1.54) is 0 Å². The molecule has 1 aromatic carbocycles. The van der Waals surface area contributed by atoms with Gasteiger partial charge in [-0.15, -0.1) is 12.3 Å². The normalized spacial score (nSPS) is 11.2. The molecule has 0 aliphatic rings. The number of unbranched alkanes of at least 4 members (excludes halogenated alkanes) is 1. The molecule has 1 unspecified atom stereocenters. The third-order valence-corrected chi connectivity index (χ3v) is 2.81. The minimum absolute atomic E-state index is 0.0563. The number of nitrogens with one attached hydrogen (secondary N) is 1. The first kappa shape index (κ1) is 16.6. The van der Waals surface area contributed by atoms with Crippen LogP contribution in [0.2, 0.25) is 0 Å². The summed E-state index contributed by atoms with van der Waals surface area (Å²) < 4.78 is 5.49. The van der Waals surface area contributed by atoms with Crippen LogP contribution in [0.1, 0.15) is 36.5 Å². The lowest BCUT2D eigenvalue weighted by Crippen LogP contribution is -2.40. The smallest absolute Gasteiger partial charge is 0.327 e. The molecule has 0 fully saturated rings. The monoisotopic (exact) mass is 289 g/mol. The zero-order valence-electron chi connectivity index (χ0n) is 12.0. The first-order valence-corrected chi connectivity index (χ1v) is 6.78. The van der Waals surface area contributed by atoms with Gasteiger partial charge in [0.05, 0.1) is 6.61 Å². The molecule has 21 heavy (non-hydrogen) atoms. The Morgan fingerprint density at radius 1 is 1.38 bits per heavy atom. The van der Waals surface area contributed by atoms with Gasteiger partial charge < -0.3 is 15.2 Å². The fourth-order valence-electron chi connectivity index (χ4n) is 1.60. The average Bonchev–Trinajstić information content (AvgIpc) is 2.47. The third kappa shape index (κ3) is 5.57. The van der Waals surface area contributed by atoms with Crippen molar-refractivity contribution in [1.29, 1.82) is 0 Å². The topological polar surface area (TPSA) is 75.6 Å². The molecule has 1 rings (SSSR count). The maximum Gasteiger partial charge on any atom is 0.327 e. The highest BCUT2D eigenvalue weighted by Crippen LogP contribution is 2.13. The summed E-state index contributed by atoms with van der Waals surface area (Å²) in [5, 5.41) is 11.3. The third-order valence-electron chi connectivity index (χ3n) is 2.81. The number of carboxylic acid groups (broad SMARTS) is 1. The van der Waals surface area contributed by atoms with E-state index < -0.39 is 17.9 Å². The molecule has 1 aromatic rings. The number of benzene rings is 1. The van der Waals surface area contributed by atoms with E-state index in [-0.39, 0.29) is 6.42 Å². The van der Waals surface area contributed by atoms with Gasteiger partial charge in [0.2, 0.25) is 0 Å². The van der Waals surface area contributed by atoms with Crippen molar-refractivity contribution >= 4 is 11.9 Å². The van der Waals surface area contributed by atoms with E-state index in [4.69, 9.17) is 16.3 Å². The van der Waals surface area contributed by atoms with Gasteiger partial charge in [0.1, 0.15) is 11.8 Å². The van der Waals surface area contributed by atoms with Gasteiger partial charge >= 0.3 is 5.97 Å². The van der Waals surface area contributed by atoms with Gasteiger partial charge in [0.15, 0.2) is 0 Å². The number of rotatable bonds is 8. The van der Waals surface area contributed by atoms with Crippen molar-refractivity contribution in [2.45, 2.75) is 32.2 Å². The fourth-order valence-corrected chi connectivity index (χ4v) is 1.60. The van der Waals surface area contributed by atoms with Gasteiger partial charge in [0, 0.05) is 12.0 Å². The van der Waals surface area contributed by atoms with Gasteiger partial charge in [-0.3, -0.25) is 4.79 Å². The predicted octanol–water partition coefficient (Wildman–Crippen LogP) is 2.07. The Kier molecular flexibility index (Phi) is 6.82. The Morgan fingerprint density at radius 2 is 2.05 bits per heavy atom. The van der Waals surface area contributed by atoms with Crippen LogP contribution < -0.4 is 10.1 Å². The summed E-state index contributed by atoms with van der Waals surface area (Å²) in [6.07, 6.45) is 7.04. The molecule has 5 nitrogen and oxygen atoms in total. The van der Waals surface area contributed by atoms with E-state index in [0.29, 0.717) is 17.9 Å². The zero-order valence-corrected chi connectivity index (χ0v) is 12.0. The minimum Gasteiger partial charge on any atom is -0.494 e. The Morgan fingerprint density at radius 3 is 2.57 bits per heavy atom. The highest BCUT2D eigenvalue weighted by molar-refractivity contribution is 5.96. The summed E-state index contributed by atoms with van der Waals surface area (Å²) in [4.78, 5) is 22.8. The first-order chi connectivity index (χ1) is 10.1. The van der Waals surface area contributed by atoms with Crippen molar-refractivity contribution in [3.63, 3.8) is 0 Å². The Labute approximate surface area is 124 Å². The molecule has 0 saturated carbocycles. The molecule has 0 bridgehead atoms. The largest absolute Gasteiger partial charge is 0.494 e. The SMILES string of the molecule is C#CCC(NC(=O)c1ccc(OCCCC)cc1)C(=O)O. The van der Waals surface area contributed by atoms with Crippen LogP contribution in [0.5, 0.6) is 5.75 Å². The molecule has 0 heterocycles. The molecular formula is C16H19NO4. The van der Waals surface area contributed by atoms with Gasteiger partial charge in [-0.05, 0) is 30.7 Å². The number of hydrogen-bond acceptors (Lipinski definition) is 3. The number of ether oxygens (including phenoxy) is 1. The molecule has 0 aromatic heterocycles. The Hall–Kier alpha value is -2.48. The van der Waals surface area contributed by atoms with Crippen LogP contribution >= 0.6 is 0 Å². The number of amides is 1. The summed E-state index contributed by atoms with van der Waals surface area (Å²) >= 11 is 0. The number of carboxylic acids is 1. The molecule has 1 amide bonds. The van der Waals surface area contributed by atoms with Gasteiger partial charge in [0.25, 0.3) is 5.91 Å². The van der Waals surface area contributed by atoms with Crippen LogP contribution in [0.15, 0.2) is 24.3 Å². The average molecular weight is 289 g/mol. The molecule has 0 radical (unpaired) electrons. The lowest BCUT2D eigenvalue weighted by atomic mass is 10.1. The Bertz CT molecular complexity index is 516. The summed E-state index contributed by atoms with van der Waals surface area (Å²) in [7, 11) is 0. The highest BCUT2D eigenvalue weighted by atomic mass is 16.5. The summed E-state index contributed by atoms with van der Waals surface area (Å²) in [6.45, 7) is 2.71. The van der Waals surface area contributed by atoms with Crippen molar-refractivity contribution in [2.24, 2.45) is 0 Å².